The van der Waals surface area contributed by atoms with E-state index in [1.807, 2.05) is 13.8 Å². The van der Waals surface area contributed by atoms with E-state index in [4.69, 9.17) is 23.2 Å². The molecule has 2 aromatic rings. The van der Waals surface area contributed by atoms with E-state index < -0.39 is 33.6 Å². The van der Waals surface area contributed by atoms with E-state index in [0.717, 1.165) is 28.8 Å². The number of rotatable bonds is 12. The van der Waals surface area contributed by atoms with E-state index in [1.54, 1.807) is 25.1 Å². The first kappa shape index (κ1) is 30.8. The van der Waals surface area contributed by atoms with Gasteiger partial charge in [-0.2, -0.15) is 0 Å². The molecule has 0 unspecified atom stereocenters. The van der Waals surface area contributed by atoms with E-state index in [-0.39, 0.29) is 43.6 Å². The summed E-state index contributed by atoms with van der Waals surface area (Å²) in [7, 11) is -3.85. The highest BCUT2D eigenvalue weighted by atomic mass is 35.5. The standard InChI is InChI=1S/C25H31Cl2F2N3O4S/c1-5-16(2)30-25(34)17(3)31(15-19-20(26)8-6-9-21(19)27)24(33)10-7-13-32(37(4,35)36)18-11-12-22(28)23(29)14-18/h6,8-9,11-12,14,16-17H,5,7,10,13,15H2,1-4H3,(H,30,34)/t16-,17+/m0/s1. The Kier molecular flexibility index (Phi) is 11.1. The number of halogens is 4. The van der Waals surface area contributed by atoms with Crippen LogP contribution in [0.4, 0.5) is 14.5 Å². The zero-order chi connectivity index (χ0) is 27.9. The highest BCUT2D eigenvalue weighted by Crippen LogP contribution is 2.27. The molecule has 2 rings (SSSR count). The summed E-state index contributed by atoms with van der Waals surface area (Å²) in [5.74, 6) is -3.08. The predicted octanol–water partition coefficient (Wildman–Crippen LogP) is 5.15. The molecule has 7 nitrogen and oxygen atoms in total. The van der Waals surface area contributed by atoms with E-state index in [0.29, 0.717) is 22.0 Å². The van der Waals surface area contributed by atoms with Crippen molar-refractivity contribution < 1.29 is 26.8 Å². The molecule has 0 radical (unpaired) electrons. The van der Waals surface area contributed by atoms with Crippen molar-refractivity contribution in [2.24, 2.45) is 0 Å². The van der Waals surface area contributed by atoms with Gasteiger partial charge in [0.05, 0.1) is 11.9 Å². The van der Waals surface area contributed by atoms with Crippen molar-refractivity contribution in [3.8, 4) is 0 Å². The molecule has 12 heteroatoms. The minimum atomic E-state index is -3.85. The average molecular weight is 579 g/mol. The van der Waals surface area contributed by atoms with E-state index >= 15 is 0 Å². The van der Waals surface area contributed by atoms with Gasteiger partial charge in [0, 0.05) is 47.2 Å². The maximum Gasteiger partial charge on any atom is 0.242 e. The lowest BCUT2D eigenvalue weighted by Gasteiger charge is -2.30. The predicted molar refractivity (Wildman–Crippen MR) is 142 cm³/mol. The summed E-state index contributed by atoms with van der Waals surface area (Å²) < 4.78 is 52.6. The van der Waals surface area contributed by atoms with Gasteiger partial charge >= 0.3 is 0 Å². The Bertz CT molecular complexity index is 1210. The number of hydrogen-bond donors (Lipinski definition) is 1. The van der Waals surface area contributed by atoms with Gasteiger partial charge in [-0.05, 0) is 51.0 Å². The first-order chi connectivity index (χ1) is 17.3. The molecule has 2 aromatic carbocycles. The van der Waals surface area contributed by atoms with Crippen LogP contribution in [0.2, 0.25) is 10.0 Å². The summed E-state index contributed by atoms with van der Waals surface area (Å²) in [6.07, 6.45) is 1.56. The Morgan fingerprint density at radius 2 is 1.68 bits per heavy atom. The monoisotopic (exact) mass is 577 g/mol. The van der Waals surface area contributed by atoms with Crippen molar-refractivity contribution in [2.45, 2.75) is 58.7 Å². The summed E-state index contributed by atoms with van der Waals surface area (Å²) in [5.41, 5.74) is 0.414. The molecule has 0 bridgehead atoms. The first-order valence-corrected chi connectivity index (χ1v) is 14.3. The Morgan fingerprint density at radius 3 is 2.22 bits per heavy atom. The third-order valence-electron chi connectivity index (χ3n) is 5.90. The van der Waals surface area contributed by atoms with Gasteiger partial charge in [0.1, 0.15) is 6.04 Å². The first-order valence-electron chi connectivity index (χ1n) is 11.7. The Balaban J connectivity index is 2.25. The molecule has 0 saturated carbocycles. The van der Waals surface area contributed by atoms with Gasteiger partial charge in [0.15, 0.2) is 11.6 Å². The Labute approximate surface area is 226 Å². The fraction of sp³-hybridized carbons (Fsp3) is 0.440. The maximum absolute atomic E-state index is 13.7. The third kappa shape index (κ3) is 8.55. The number of carbonyl (C=O) groups excluding carboxylic acids is 2. The lowest BCUT2D eigenvalue weighted by atomic mass is 10.1. The number of amides is 2. The smallest absolute Gasteiger partial charge is 0.242 e. The molecule has 2 atom stereocenters. The van der Waals surface area contributed by atoms with Crippen molar-refractivity contribution in [3.63, 3.8) is 0 Å². The molecule has 0 aliphatic rings. The Morgan fingerprint density at radius 1 is 1.05 bits per heavy atom. The Hall–Kier alpha value is -2.43. The van der Waals surface area contributed by atoms with Crippen molar-refractivity contribution in [3.05, 3.63) is 63.6 Å². The lowest BCUT2D eigenvalue weighted by Crippen LogP contribution is -2.49. The van der Waals surface area contributed by atoms with Gasteiger partial charge < -0.3 is 10.2 Å². The quantitative estimate of drug-likeness (QED) is 0.378. The van der Waals surface area contributed by atoms with Crippen molar-refractivity contribution in [2.75, 3.05) is 17.1 Å². The van der Waals surface area contributed by atoms with Crippen LogP contribution in [-0.4, -0.2) is 50.0 Å². The van der Waals surface area contributed by atoms with Crippen LogP contribution in [0, 0.1) is 11.6 Å². The minimum absolute atomic E-state index is 0.0363. The summed E-state index contributed by atoms with van der Waals surface area (Å²) in [5, 5.41) is 3.52. The number of nitrogens with one attached hydrogen (secondary N) is 1. The second-order valence-corrected chi connectivity index (χ2v) is 11.5. The molecular formula is C25H31Cl2F2N3O4S. The van der Waals surface area contributed by atoms with Crippen molar-refractivity contribution in [1.29, 1.82) is 0 Å². The van der Waals surface area contributed by atoms with Crippen LogP contribution in [0.5, 0.6) is 0 Å². The maximum atomic E-state index is 13.7. The van der Waals surface area contributed by atoms with Gasteiger partial charge in [0.25, 0.3) is 0 Å². The van der Waals surface area contributed by atoms with Crippen LogP contribution in [0.15, 0.2) is 36.4 Å². The molecule has 0 fully saturated rings. The van der Waals surface area contributed by atoms with Crippen LogP contribution < -0.4 is 9.62 Å². The number of anilines is 1. The molecule has 204 valence electrons. The van der Waals surface area contributed by atoms with Gasteiger partial charge in [-0.3, -0.25) is 13.9 Å². The van der Waals surface area contributed by atoms with Gasteiger partial charge in [-0.15, -0.1) is 0 Å². The van der Waals surface area contributed by atoms with E-state index in [2.05, 4.69) is 5.32 Å². The summed E-state index contributed by atoms with van der Waals surface area (Å²) in [6.45, 7) is 5.15. The zero-order valence-corrected chi connectivity index (χ0v) is 23.4. The molecule has 2 amide bonds. The van der Waals surface area contributed by atoms with E-state index in [1.165, 1.54) is 4.90 Å². The number of benzene rings is 2. The van der Waals surface area contributed by atoms with Gasteiger partial charge in [-0.25, -0.2) is 17.2 Å². The lowest BCUT2D eigenvalue weighted by molar-refractivity contribution is -0.140. The van der Waals surface area contributed by atoms with Crippen LogP contribution in [0.1, 0.15) is 45.6 Å². The van der Waals surface area contributed by atoms with Crippen molar-refractivity contribution in [1.82, 2.24) is 10.2 Å². The number of hydrogen-bond acceptors (Lipinski definition) is 4. The molecule has 1 N–H and O–H groups in total. The zero-order valence-electron chi connectivity index (χ0n) is 21.1. The molecule has 0 aromatic heterocycles. The second-order valence-electron chi connectivity index (χ2n) is 8.75. The fourth-order valence-corrected chi connectivity index (χ4v) is 5.02. The molecule has 0 spiro atoms. The SMILES string of the molecule is CC[C@H](C)NC(=O)[C@@H](C)N(Cc1c(Cl)cccc1Cl)C(=O)CCCN(c1ccc(F)c(F)c1)S(C)(=O)=O. The third-order valence-corrected chi connectivity index (χ3v) is 7.80. The van der Waals surface area contributed by atoms with Crippen LogP contribution in [0.25, 0.3) is 0 Å². The van der Waals surface area contributed by atoms with Crippen LogP contribution >= 0.6 is 23.2 Å². The number of sulfonamides is 1. The fourth-order valence-electron chi connectivity index (χ4n) is 3.55. The number of nitrogens with zero attached hydrogens (tertiary/aromatic N) is 2. The topological polar surface area (TPSA) is 86.8 Å². The minimum Gasteiger partial charge on any atom is -0.352 e. The second kappa shape index (κ2) is 13.4. The van der Waals surface area contributed by atoms with Crippen LogP contribution in [0.3, 0.4) is 0 Å². The molecule has 0 aliphatic heterocycles. The highest BCUT2D eigenvalue weighted by molar-refractivity contribution is 7.92. The summed E-state index contributed by atoms with van der Waals surface area (Å²) in [6, 6.07) is 6.71. The largest absolute Gasteiger partial charge is 0.352 e. The number of carbonyl (C=O) groups is 2. The molecule has 0 aliphatic carbocycles. The molecular weight excluding hydrogens is 547 g/mol. The average Bonchev–Trinajstić information content (AvgIpc) is 2.82. The summed E-state index contributed by atoms with van der Waals surface area (Å²) in [4.78, 5) is 27.5. The van der Waals surface area contributed by atoms with E-state index in [9.17, 15) is 26.8 Å². The molecule has 37 heavy (non-hydrogen) atoms. The highest BCUT2D eigenvalue weighted by Gasteiger charge is 2.28. The molecule has 0 saturated heterocycles. The normalized spacial score (nSPS) is 13.1. The van der Waals surface area contributed by atoms with Crippen molar-refractivity contribution >= 4 is 50.7 Å². The van der Waals surface area contributed by atoms with Crippen LogP contribution in [-0.2, 0) is 26.2 Å². The van der Waals surface area contributed by atoms with Gasteiger partial charge in [0.2, 0.25) is 21.8 Å². The molecule has 0 heterocycles. The summed E-state index contributed by atoms with van der Waals surface area (Å²) >= 11 is 12.6. The van der Waals surface area contributed by atoms with Gasteiger partial charge in [-0.1, -0.05) is 36.2 Å².